The van der Waals surface area contributed by atoms with Crippen molar-refractivity contribution >= 4 is 33.5 Å². The molecule has 1 heterocycles. The standard InChI is InChI=1S/C30H29F2N5O7S/c1-4-33-28(39)19-7-11-22(12-8-19)45(43,44)35-20-15-23(31)27(24(32)16-20)29(40)34-25(30(41)42)14-18-5-9-21(10-6-18)37-26(38)13-17(2)36(37)3/h5-13,15-16,25,35H,4,14H2,1-3H3,(H,33,39)(H,34,40)(H,41,42)/t25-/m0/s1. The fourth-order valence-electron chi connectivity index (χ4n) is 4.49. The topological polar surface area (TPSA) is 169 Å². The van der Waals surface area contributed by atoms with Crippen molar-refractivity contribution in [1.29, 1.82) is 0 Å². The van der Waals surface area contributed by atoms with Gasteiger partial charge in [0.2, 0.25) is 0 Å². The summed E-state index contributed by atoms with van der Waals surface area (Å²) in [6.07, 6.45) is -0.248. The number of hydrogen-bond donors (Lipinski definition) is 4. The first kappa shape index (κ1) is 32.6. The van der Waals surface area contributed by atoms with Gasteiger partial charge in [0.05, 0.1) is 16.3 Å². The second kappa shape index (κ2) is 13.1. The molecule has 0 saturated carbocycles. The highest BCUT2D eigenvalue weighted by Gasteiger charge is 2.26. The minimum absolute atomic E-state index is 0.207. The Morgan fingerprint density at radius 3 is 2.04 bits per heavy atom. The zero-order chi connectivity index (χ0) is 33.1. The normalized spacial score (nSPS) is 11.9. The van der Waals surface area contributed by atoms with Crippen LogP contribution in [0.2, 0.25) is 0 Å². The molecule has 0 spiro atoms. The van der Waals surface area contributed by atoms with Crippen molar-refractivity contribution in [3.63, 3.8) is 0 Å². The summed E-state index contributed by atoms with van der Waals surface area (Å²) in [5, 5.41) is 14.3. The quantitative estimate of drug-likeness (QED) is 0.195. The molecule has 0 aliphatic heterocycles. The van der Waals surface area contributed by atoms with Crippen molar-refractivity contribution in [2.75, 3.05) is 11.3 Å². The summed E-state index contributed by atoms with van der Waals surface area (Å²) >= 11 is 0. The number of amides is 2. The predicted octanol–water partition coefficient (Wildman–Crippen LogP) is 2.74. The van der Waals surface area contributed by atoms with E-state index in [1.54, 1.807) is 49.8 Å². The summed E-state index contributed by atoms with van der Waals surface area (Å²) in [6, 6.07) is 12.2. The molecule has 4 N–H and O–H groups in total. The number of aromatic nitrogens is 2. The number of anilines is 1. The number of carboxylic acid groups (broad SMARTS) is 1. The molecule has 0 fully saturated rings. The molecule has 3 aromatic carbocycles. The van der Waals surface area contributed by atoms with Crippen LogP contribution in [-0.2, 0) is 28.3 Å². The Morgan fingerprint density at radius 1 is 0.933 bits per heavy atom. The number of hydrogen-bond acceptors (Lipinski definition) is 6. The molecule has 2 amide bonds. The van der Waals surface area contributed by atoms with Crippen molar-refractivity contribution in [2.45, 2.75) is 31.2 Å². The number of nitrogens with zero attached hydrogens (tertiary/aromatic N) is 2. The van der Waals surface area contributed by atoms with Crippen molar-refractivity contribution in [1.82, 2.24) is 20.0 Å². The molecule has 15 heteroatoms. The lowest BCUT2D eigenvalue weighted by atomic mass is 10.0. The maximum absolute atomic E-state index is 14.9. The average molecular weight is 642 g/mol. The van der Waals surface area contributed by atoms with E-state index in [1.165, 1.54) is 22.9 Å². The lowest BCUT2D eigenvalue weighted by Gasteiger charge is -2.16. The van der Waals surface area contributed by atoms with Gasteiger partial charge in [0, 0.05) is 37.3 Å². The monoisotopic (exact) mass is 641 g/mol. The molecule has 45 heavy (non-hydrogen) atoms. The number of aliphatic carboxylic acids is 1. The number of carbonyl (C=O) groups is 3. The first-order chi connectivity index (χ1) is 21.2. The van der Waals surface area contributed by atoms with Crippen LogP contribution in [0.3, 0.4) is 0 Å². The zero-order valence-electron chi connectivity index (χ0n) is 24.3. The smallest absolute Gasteiger partial charge is 0.326 e. The molecule has 4 rings (SSSR count). The van der Waals surface area contributed by atoms with Gasteiger partial charge in [-0.05, 0) is 67.9 Å². The highest BCUT2D eigenvalue weighted by molar-refractivity contribution is 7.92. The third-order valence-electron chi connectivity index (χ3n) is 6.86. The molecule has 236 valence electrons. The van der Waals surface area contributed by atoms with E-state index in [2.05, 4.69) is 10.6 Å². The number of nitrogens with one attached hydrogen (secondary N) is 3. The highest BCUT2D eigenvalue weighted by Crippen LogP contribution is 2.23. The molecule has 1 aromatic heterocycles. The van der Waals surface area contributed by atoms with Gasteiger partial charge in [-0.25, -0.2) is 26.7 Å². The summed E-state index contributed by atoms with van der Waals surface area (Å²) in [5.74, 6) is -6.12. The second-order valence-corrected chi connectivity index (χ2v) is 11.7. The number of aryl methyl sites for hydroxylation is 1. The van der Waals surface area contributed by atoms with E-state index in [1.807, 2.05) is 4.72 Å². The van der Waals surface area contributed by atoms with E-state index in [0.717, 1.165) is 17.8 Å². The summed E-state index contributed by atoms with van der Waals surface area (Å²) in [6.45, 7) is 3.85. The molecule has 0 aliphatic carbocycles. The fraction of sp³-hybridized carbons (Fsp3) is 0.200. The molecule has 0 unspecified atom stereocenters. The van der Waals surface area contributed by atoms with Gasteiger partial charge < -0.3 is 15.7 Å². The SMILES string of the molecule is CCNC(=O)c1ccc(S(=O)(=O)Nc2cc(F)c(C(=O)N[C@@H](Cc3ccc(-n4c(=O)cc(C)n4C)cc3)C(=O)O)c(F)c2)cc1. The highest BCUT2D eigenvalue weighted by atomic mass is 32.2. The van der Waals surface area contributed by atoms with Crippen LogP contribution in [0.4, 0.5) is 14.5 Å². The van der Waals surface area contributed by atoms with Crippen LogP contribution in [0.25, 0.3) is 5.69 Å². The number of rotatable bonds is 11. The van der Waals surface area contributed by atoms with E-state index in [-0.39, 0.29) is 22.4 Å². The van der Waals surface area contributed by atoms with Crippen LogP contribution in [-0.4, -0.2) is 53.3 Å². The van der Waals surface area contributed by atoms with Gasteiger partial charge in [-0.1, -0.05) is 12.1 Å². The Hall–Kier alpha value is -5.31. The van der Waals surface area contributed by atoms with Crippen LogP contribution in [0.5, 0.6) is 0 Å². The summed E-state index contributed by atoms with van der Waals surface area (Å²) in [5.41, 5.74) is 0.0154. The molecular formula is C30H29F2N5O7S. The Kier molecular flexibility index (Phi) is 9.51. The number of halogens is 2. The minimum Gasteiger partial charge on any atom is -0.480 e. The van der Waals surface area contributed by atoms with Gasteiger partial charge in [0.15, 0.2) is 0 Å². The molecule has 0 bridgehead atoms. The van der Waals surface area contributed by atoms with Crippen LogP contribution in [0.1, 0.15) is 38.9 Å². The Morgan fingerprint density at radius 2 is 1.53 bits per heavy atom. The lowest BCUT2D eigenvalue weighted by molar-refractivity contribution is -0.139. The third-order valence-corrected chi connectivity index (χ3v) is 8.26. The average Bonchev–Trinajstić information content (AvgIpc) is 3.23. The van der Waals surface area contributed by atoms with Crippen molar-refractivity contribution in [2.24, 2.45) is 7.05 Å². The predicted molar refractivity (Wildman–Crippen MR) is 160 cm³/mol. The van der Waals surface area contributed by atoms with Crippen molar-refractivity contribution in [3.8, 4) is 5.69 Å². The summed E-state index contributed by atoms with van der Waals surface area (Å²) in [4.78, 5) is 48.5. The number of carboxylic acids is 1. The van der Waals surface area contributed by atoms with Crippen LogP contribution in [0.15, 0.2) is 76.4 Å². The van der Waals surface area contributed by atoms with Crippen molar-refractivity contribution in [3.05, 3.63) is 111 Å². The summed E-state index contributed by atoms with van der Waals surface area (Å²) in [7, 11) is -2.63. The second-order valence-electron chi connectivity index (χ2n) is 10.00. The minimum atomic E-state index is -4.34. The van der Waals surface area contributed by atoms with E-state index in [4.69, 9.17) is 0 Å². The van der Waals surface area contributed by atoms with Gasteiger partial charge >= 0.3 is 5.97 Å². The maximum atomic E-state index is 14.9. The van der Waals surface area contributed by atoms with E-state index in [0.29, 0.717) is 29.9 Å². The van der Waals surface area contributed by atoms with Crippen LogP contribution < -0.4 is 20.9 Å². The third kappa shape index (κ3) is 7.26. The summed E-state index contributed by atoms with van der Waals surface area (Å²) < 4.78 is 60.5. The van der Waals surface area contributed by atoms with E-state index < -0.39 is 56.7 Å². The first-order valence-corrected chi connectivity index (χ1v) is 15.0. The number of sulfonamides is 1. The Balaban J connectivity index is 1.48. The first-order valence-electron chi connectivity index (χ1n) is 13.5. The van der Waals surface area contributed by atoms with Crippen molar-refractivity contribution < 1.29 is 36.7 Å². The van der Waals surface area contributed by atoms with Gasteiger partial charge in [-0.2, -0.15) is 0 Å². The van der Waals surface area contributed by atoms with Crippen LogP contribution in [0, 0.1) is 18.6 Å². The number of carbonyl (C=O) groups excluding carboxylic acids is 2. The van der Waals surface area contributed by atoms with E-state index in [9.17, 15) is 41.5 Å². The van der Waals surface area contributed by atoms with E-state index >= 15 is 0 Å². The molecular weight excluding hydrogens is 612 g/mol. The van der Waals surface area contributed by atoms with Gasteiger partial charge in [0.1, 0.15) is 23.2 Å². The zero-order valence-corrected chi connectivity index (χ0v) is 25.1. The van der Waals surface area contributed by atoms with Crippen LogP contribution >= 0.6 is 0 Å². The molecule has 12 nitrogen and oxygen atoms in total. The lowest BCUT2D eigenvalue weighted by Crippen LogP contribution is -2.43. The largest absolute Gasteiger partial charge is 0.480 e. The van der Waals surface area contributed by atoms with Gasteiger partial charge in [-0.3, -0.25) is 23.8 Å². The maximum Gasteiger partial charge on any atom is 0.326 e. The molecule has 1 atom stereocenters. The Labute approximate surface area is 256 Å². The molecule has 0 aliphatic rings. The Bertz CT molecular complexity index is 1910. The molecule has 0 radical (unpaired) electrons. The molecule has 4 aromatic rings. The van der Waals surface area contributed by atoms with Gasteiger partial charge in [0.25, 0.3) is 27.4 Å². The van der Waals surface area contributed by atoms with Gasteiger partial charge in [-0.15, -0.1) is 0 Å². The number of benzene rings is 3. The fourth-order valence-corrected chi connectivity index (χ4v) is 5.53. The molecule has 0 saturated heterocycles.